The minimum absolute atomic E-state index is 0.0707. The zero-order valence-electron chi connectivity index (χ0n) is 18.2. The van der Waals surface area contributed by atoms with E-state index in [0.717, 1.165) is 6.08 Å². The first-order valence-electron chi connectivity index (χ1n) is 10.4. The number of hydrogen-bond acceptors (Lipinski definition) is 9. The van der Waals surface area contributed by atoms with Crippen LogP contribution in [0.2, 0.25) is 0 Å². The number of rotatable bonds is 7. The highest BCUT2D eigenvalue weighted by molar-refractivity contribution is 6.01. The summed E-state index contributed by atoms with van der Waals surface area (Å²) in [6.45, 7) is 2.87. The number of benzene rings is 1. The number of aromatic nitrogens is 4. The number of nitrogens with one attached hydrogen (secondary N) is 2. The molecule has 1 aromatic carbocycles. The Hall–Kier alpha value is -4.47. The van der Waals surface area contributed by atoms with Crippen molar-refractivity contribution in [1.82, 2.24) is 19.9 Å². The monoisotopic (exact) mass is 484 g/mol. The van der Waals surface area contributed by atoms with Crippen LogP contribution in [0, 0.1) is 11.3 Å². The van der Waals surface area contributed by atoms with Gasteiger partial charge in [-0.25, -0.2) is 9.97 Å². The summed E-state index contributed by atoms with van der Waals surface area (Å²) in [5.41, 5.74) is 1.04. The Morgan fingerprint density at radius 2 is 2.09 bits per heavy atom. The van der Waals surface area contributed by atoms with E-state index < -0.39 is 24.7 Å². The number of halogens is 3. The average Bonchev–Trinajstić information content (AvgIpc) is 3.30. The smallest absolute Gasteiger partial charge is 0.422 e. The lowest BCUT2D eigenvalue weighted by molar-refractivity contribution is -0.154. The second kappa shape index (κ2) is 9.80. The molecule has 3 heterocycles. The van der Waals surface area contributed by atoms with E-state index in [-0.39, 0.29) is 6.04 Å². The van der Waals surface area contributed by atoms with Crippen LogP contribution in [0.25, 0.3) is 10.9 Å². The molecule has 0 saturated carbocycles. The van der Waals surface area contributed by atoms with E-state index in [1.807, 2.05) is 11.0 Å². The maximum absolute atomic E-state index is 12.7. The lowest BCUT2D eigenvalue weighted by atomic mass is 10.2. The van der Waals surface area contributed by atoms with Gasteiger partial charge < -0.3 is 20.3 Å². The van der Waals surface area contributed by atoms with Gasteiger partial charge in [-0.3, -0.25) is 4.79 Å². The highest BCUT2D eigenvalue weighted by atomic mass is 19.4. The number of nitrogens with zero attached hydrogens (tertiary/aromatic N) is 6. The summed E-state index contributed by atoms with van der Waals surface area (Å²) in [6, 6.07) is 6.30. The van der Waals surface area contributed by atoms with Gasteiger partial charge in [0.15, 0.2) is 6.61 Å². The maximum Gasteiger partial charge on any atom is 0.422 e. The molecule has 4 rings (SSSR count). The number of alkyl halides is 3. The molecule has 10 nitrogen and oxygen atoms in total. The van der Waals surface area contributed by atoms with Crippen molar-refractivity contribution in [1.29, 1.82) is 5.26 Å². The van der Waals surface area contributed by atoms with E-state index >= 15 is 0 Å². The molecule has 0 radical (unpaired) electrons. The predicted molar refractivity (Wildman–Crippen MR) is 121 cm³/mol. The van der Waals surface area contributed by atoms with Crippen LogP contribution in [0.5, 0.6) is 6.01 Å². The third kappa shape index (κ3) is 5.91. The fourth-order valence-electron chi connectivity index (χ4n) is 3.53. The van der Waals surface area contributed by atoms with Gasteiger partial charge in [0.05, 0.1) is 23.5 Å². The van der Waals surface area contributed by atoms with Gasteiger partial charge in [-0.15, -0.1) is 0 Å². The molecule has 180 valence electrons. The molecule has 0 aliphatic carbocycles. The summed E-state index contributed by atoms with van der Waals surface area (Å²) in [6.07, 6.45) is 0.0471. The van der Waals surface area contributed by atoms with E-state index in [2.05, 4.69) is 37.1 Å². The number of anilines is 3. The topological polar surface area (TPSA) is 129 Å². The standard InChI is InChI=1S/C22H19F3N8O2/c1-2-18(34)29-14-3-4-16-17(7-14)31-21(35-12-22(23,24)25)32-19(16)33-6-5-15(11-33)30-20-27-9-13(8-26)10-28-20/h2-4,7,9-10,15H,1,5-6,11-12H2,(H,29,34)(H,27,28,30). The Morgan fingerprint density at radius 1 is 1.31 bits per heavy atom. The summed E-state index contributed by atoms with van der Waals surface area (Å²) in [7, 11) is 0. The summed E-state index contributed by atoms with van der Waals surface area (Å²) >= 11 is 0. The van der Waals surface area contributed by atoms with Crippen LogP contribution < -0.4 is 20.3 Å². The van der Waals surface area contributed by atoms with Gasteiger partial charge >= 0.3 is 12.2 Å². The van der Waals surface area contributed by atoms with Gasteiger partial charge in [-0.1, -0.05) is 6.58 Å². The number of carbonyl (C=O) groups is 1. The van der Waals surface area contributed by atoms with Gasteiger partial charge in [0.1, 0.15) is 11.9 Å². The fourth-order valence-corrected chi connectivity index (χ4v) is 3.53. The molecule has 1 amide bonds. The Morgan fingerprint density at radius 3 is 2.77 bits per heavy atom. The van der Waals surface area contributed by atoms with E-state index in [1.54, 1.807) is 12.1 Å². The van der Waals surface area contributed by atoms with Crippen LogP contribution in [0.4, 0.5) is 30.6 Å². The number of hydrogen-bond donors (Lipinski definition) is 2. The van der Waals surface area contributed by atoms with Gasteiger partial charge in [0.25, 0.3) is 0 Å². The molecule has 2 N–H and O–H groups in total. The van der Waals surface area contributed by atoms with E-state index in [4.69, 9.17) is 10.00 Å². The minimum atomic E-state index is -4.55. The van der Waals surface area contributed by atoms with E-state index in [0.29, 0.717) is 53.4 Å². The van der Waals surface area contributed by atoms with Crippen LogP contribution in [-0.2, 0) is 4.79 Å². The fraction of sp³-hybridized carbons (Fsp3) is 0.273. The lowest BCUT2D eigenvalue weighted by Gasteiger charge is -2.21. The SMILES string of the molecule is C=CC(=O)Nc1ccc2c(N3CCC(Nc4ncc(C#N)cn4)C3)nc(OCC(F)(F)F)nc2c1. The molecule has 13 heteroatoms. The molecule has 2 aromatic heterocycles. The van der Waals surface area contributed by atoms with E-state index in [1.165, 1.54) is 18.5 Å². The van der Waals surface area contributed by atoms with Gasteiger partial charge in [0, 0.05) is 30.2 Å². The highest BCUT2D eigenvalue weighted by Gasteiger charge is 2.30. The molecule has 1 aliphatic heterocycles. The van der Waals surface area contributed by atoms with Crippen LogP contribution in [0.3, 0.4) is 0 Å². The molecular formula is C22H19F3N8O2. The first-order valence-corrected chi connectivity index (χ1v) is 10.4. The van der Waals surface area contributed by atoms with Crippen molar-refractivity contribution in [2.24, 2.45) is 0 Å². The molecule has 0 bridgehead atoms. The molecule has 1 aliphatic rings. The highest BCUT2D eigenvalue weighted by Crippen LogP contribution is 2.31. The first-order chi connectivity index (χ1) is 16.7. The maximum atomic E-state index is 12.7. The van der Waals surface area contributed by atoms with Gasteiger partial charge in [-0.05, 0) is 30.7 Å². The number of ether oxygens (including phenoxy) is 1. The van der Waals surface area contributed by atoms with Crippen molar-refractivity contribution in [3.8, 4) is 12.1 Å². The number of fused-ring (bicyclic) bond motifs is 1. The van der Waals surface area contributed by atoms with Crippen LogP contribution in [0.1, 0.15) is 12.0 Å². The quantitative estimate of drug-likeness (QED) is 0.486. The zero-order chi connectivity index (χ0) is 25.0. The zero-order valence-corrected chi connectivity index (χ0v) is 18.2. The summed E-state index contributed by atoms with van der Waals surface area (Å²) in [4.78, 5) is 30.1. The summed E-state index contributed by atoms with van der Waals surface area (Å²) in [5, 5.41) is 15.2. The van der Waals surface area contributed by atoms with Crippen LogP contribution in [-0.4, -0.2) is 57.8 Å². The second-order valence-corrected chi connectivity index (χ2v) is 7.64. The van der Waals surface area contributed by atoms with Crippen LogP contribution in [0.15, 0.2) is 43.2 Å². The Balaban J connectivity index is 1.60. The molecule has 1 saturated heterocycles. The van der Waals surface area contributed by atoms with Crippen LogP contribution >= 0.6 is 0 Å². The predicted octanol–water partition coefficient (Wildman–Crippen LogP) is 3.05. The molecule has 1 atom stereocenters. The van der Waals surface area contributed by atoms with Crippen molar-refractivity contribution in [3.05, 3.63) is 48.8 Å². The molecular weight excluding hydrogens is 465 g/mol. The third-order valence-electron chi connectivity index (χ3n) is 5.08. The summed E-state index contributed by atoms with van der Waals surface area (Å²) in [5.74, 6) is 0.324. The van der Waals surface area contributed by atoms with Crippen molar-refractivity contribution in [2.45, 2.75) is 18.6 Å². The van der Waals surface area contributed by atoms with Crippen molar-refractivity contribution in [2.75, 3.05) is 35.2 Å². The molecule has 0 spiro atoms. The van der Waals surface area contributed by atoms with Gasteiger partial charge in [0.2, 0.25) is 11.9 Å². The Labute approximate surface area is 197 Å². The largest absolute Gasteiger partial charge is 0.454 e. The van der Waals surface area contributed by atoms with Gasteiger partial charge in [-0.2, -0.15) is 28.4 Å². The lowest BCUT2D eigenvalue weighted by Crippen LogP contribution is -2.28. The van der Waals surface area contributed by atoms with E-state index in [9.17, 15) is 18.0 Å². The number of nitriles is 1. The number of carbonyl (C=O) groups excluding carboxylic acids is 1. The molecule has 35 heavy (non-hydrogen) atoms. The molecule has 3 aromatic rings. The van der Waals surface area contributed by atoms with Crippen molar-refractivity contribution in [3.63, 3.8) is 0 Å². The number of amides is 1. The third-order valence-corrected chi connectivity index (χ3v) is 5.08. The summed E-state index contributed by atoms with van der Waals surface area (Å²) < 4.78 is 43.0. The Kier molecular flexibility index (Phi) is 6.63. The Bertz CT molecular complexity index is 1290. The molecule has 1 unspecified atom stereocenters. The second-order valence-electron chi connectivity index (χ2n) is 7.64. The minimum Gasteiger partial charge on any atom is -0.454 e. The normalized spacial score (nSPS) is 15.5. The van der Waals surface area contributed by atoms with Crippen molar-refractivity contribution < 1.29 is 22.7 Å². The molecule has 1 fully saturated rings. The first kappa shape index (κ1) is 23.7. The van der Waals surface area contributed by atoms with Crippen molar-refractivity contribution >= 4 is 34.3 Å². The average molecular weight is 484 g/mol.